The molecule has 4 N–H and O–H groups in total. The van der Waals surface area contributed by atoms with Crippen molar-refractivity contribution in [2.24, 2.45) is 5.92 Å². The van der Waals surface area contributed by atoms with Crippen LogP contribution < -0.4 is 16.1 Å². The summed E-state index contributed by atoms with van der Waals surface area (Å²) in [4.78, 5) is 62.6. The number of nitrogens with zero attached hydrogens (tertiary/aromatic N) is 5. The Kier molecular flexibility index (Phi) is 22.8. The fourth-order valence-corrected chi connectivity index (χ4v) is 15.8. The second-order valence-corrected chi connectivity index (χ2v) is 27.4. The lowest BCUT2D eigenvalue weighted by Crippen LogP contribution is -2.46. The average Bonchev–Trinajstić information content (AvgIpc) is 2.97. The van der Waals surface area contributed by atoms with Crippen molar-refractivity contribution in [1.82, 2.24) is 30.2 Å². The highest BCUT2D eigenvalue weighted by Gasteiger charge is 2.40. The molecule has 4 atom stereocenters. The Balaban J connectivity index is 0.000000188. The second-order valence-electron chi connectivity index (χ2n) is 22.2. The van der Waals surface area contributed by atoms with Crippen LogP contribution in [0.2, 0.25) is 0 Å². The van der Waals surface area contributed by atoms with E-state index < -0.39 is 12.7 Å². The number of hydrogen-bond donors (Lipinski definition) is 4. The van der Waals surface area contributed by atoms with Crippen molar-refractivity contribution in [3.63, 3.8) is 0 Å². The van der Waals surface area contributed by atoms with Gasteiger partial charge in [0.25, 0.3) is 0 Å². The van der Waals surface area contributed by atoms with E-state index in [1.165, 1.54) is 55.7 Å². The predicted octanol–water partition coefficient (Wildman–Crippen LogP) is 13.4. The van der Waals surface area contributed by atoms with Gasteiger partial charge in [0.05, 0.1) is 33.1 Å². The first-order chi connectivity index (χ1) is 39.8. The second kappa shape index (κ2) is 29.7. The van der Waals surface area contributed by atoms with Crippen LogP contribution in [0.5, 0.6) is 0 Å². The van der Waals surface area contributed by atoms with Crippen molar-refractivity contribution >= 4 is 117 Å². The number of carbonyl (C=O) groups excluding carboxylic acids is 3. The molecule has 0 fully saturated rings. The number of amides is 2. The maximum absolute atomic E-state index is 13.1. The molecular formula is C62H75BBrN7O8S4. The first kappa shape index (κ1) is 63.7. The summed E-state index contributed by atoms with van der Waals surface area (Å²) in [7, 11) is 2.00. The number of nitrogens with one attached hydrogen (secondary N) is 2. The van der Waals surface area contributed by atoms with E-state index in [1.807, 2.05) is 87.5 Å². The SMILES string of the molecule is COCCCCCC(=O)Cc1sc2c(c1-c1nc3cc(-c4ccncc4)ccc3s1)CC(C)CC2C.COCCNCCC(=O)Nc1sc2c(c1-c1nc3cc(Br)ccc3s1)CC(C)N(C(=O)OC(C)(C)C)C2C.OB(O)c1ccncc1. The van der Waals surface area contributed by atoms with Crippen molar-refractivity contribution in [1.29, 1.82) is 0 Å². The van der Waals surface area contributed by atoms with Crippen LogP contribution in [0.3, 0.4) is 0 Å². The highest BCUT2D eigenvalue weighted by atomic mass is 79.9. The van der Waals surface area contributed by atoms with Crippen LogP contribution in [0.25, 0.3) is 52.7 Å². The van der Waals surface area contributed by atoms with Crippen LogP contribution in [0.15, 0.2) is 89.9 Å². The first-order valence-corrected chi connectivity index (χ1v) is 32.3. The number of hydrogen-bond acceptors (Lipinski definition) is 17. The van der Waals surface area contributed by atoms with Gasteiger partial charge >= 0.3 is 13.2 Å². The van der Waals surface area contributed by atoms with Crippen LogP contribution in [-0.2, 0) is 43.1 Å². The molecule has 0 spiro atoms. The molecule has 1 aliphatic heterocycles. The van der Waals surface area contributed by atoms with Crippen molar-refractivity contribution in [3.05, 3.63) is 116 Å². The minimum absolute atomic E-state index is 0.0664. The number of rotatable bonds is 19. The fourth-order valence-electron chi connectivity index (χ4n) is 10.5. The molecule has 2 aliphatic rings. The van der Waals surface area contributed by atoms with Gasteiger partial charge in [-0.2, -0.15) is 0 Å². The molecule has 21 heteroatoms. The number of methoxy groups -OCH3 is 2. The molecule has 8 aromatic rings. The molecule has 0 saturated carbocycles. The number of thiazole rings is 2. The summed E-state index contributed by atoms with van der Waals surface area (Å²) in [6.07, 6.45) is 13.8. The van der Waals surface area contributed by atoms with Gasteiger partial charge in [-0.3, -0.25) is 24.5 Å². The number of pyridine rings is 2. The number of aromatic nitrogens is 4. The quantitative estimate of drug-likeness (QED) is 0.0441. The Morgan fingerprint density at radius 2 is 1.39 bits per heavy atom. The van der Waals surface area contributed by atoms with Crippen molar-refractivity contribution in [3.8, 4) is 32.3 Å². The number of Topliss-reactive ketones (excluding diaryl/α,β-unsaturated/α-hetero) is 1. The number of anilines is 1. The molecule has 0 bridgehead atoms. The monoisotopic (exact) mass is 1260 g/mol. The Hall–Kier alpha value is -5.33. The molecular weight excluding hydrogens is 1190 g/mol. The highest BCUT2D eigenvalue weighted by molar-refractivity contribution is 9.10. The number of thiophene rings is 2. The molecule has 2 aromatic carbocycles. The Morgan fingerprint density at radius 3 is 2.05 bits per heavy atom. The molecule has 15 nitrogen and oxygen atoms in total. The largest absolute Gasteiger partial charge is 0.488 e. The van der Waals surface area contributed by atoms with E-state index in [0.29, 0.717) is 68.5 Å². The zero-order valence-electron chi connectivity index (χ0n) is 48.8. The van der Waals surface area contributed by atoms with E-state index >= 15 is 0 Å². The van der Waals surface area contributed by atoms with Crippen LogP contribution in [0.1, 0.15) is 125 Å². The van der Waals surface area contributed by atoms with Gasteiger partial charge in [-0.05, 0) is 161 Å². The van der Waals surface area contributed by atoms with Gasteiger partial charge < -0.3 is 34.9 Å². The zero-order chi connectivity index (χ0) is 59.4. The highest BCUT2D eigenvalue weighted by Crippen LogP contribution is 2.51. The smallest absolute Gasteiger partial charge is 0.444 e. The van der Waals surface area contributed by atoms with Gasteiger partial charge in [-0.25, -0.2) is 14.8 Å². The summed E-state index contributed by atoms with van der Waals surface area (Å²) < 4.78 is 19.2. The van der Waals surface area contributed by atoms with Crippen LogP contribution in [0, 0.1) is 5.92 Å². The Morgan fingerprint density at radius 1 is 0.735 bits per heavy atom. The van der Waals surface area contributed by atoms with Crippen LogP contribution in [0.4, 0.5) is 9.80 Å². The number of unbranched alkanes of at least 4 members (excludes halogenated alkanes) is 2. The minimum Gasteiger partial charge on any atom is -0.444 e. The number of ether oxygens (including phenoxy) is 3. The third kappa shape index (κ3) is 16.8. The Bertz CT molecular complexity index is 3460. The molecule has 6 aromatic heterocycles. The van der Waals surface area contributed by atoms with Crippen molar-refractivity contribution < 1.29 is 38.6 Å². The Labute approximate surface area is 512 Å². The predicted molar refractivity (Wildman–Crippen MR) is 343 cm³/mol. The van der Waals surface area contributed by atoms with Gasteiger partial charge in [0, 0.05) is 114 Å². The summed E-state index contributed by atoms with van der Waals surface area (Å²) in [5.41, 5.74) is 8.92. The molecule has 83 heavy (non-hydrogen) atoms. The minimum atomic E-state index is -1.38. The van der Waals surface area contributed by atoms with E-state index in [-0.39, 0.29) is 24.1 Å². The maximum atomic E-state index is 13.1. The fraction of sp³-hybridized carbons (Fsp3) is 0.435. The molecule has 7 heterocycles. The van der Waals surface area contributed by atoms with E-state index in [9.17, 15) is 14.4 Å². The summed E-state index contributed by atoms with van der Waals surface area (Å²) >= 11 is 10.3. The zero-order valence-corrected chi connectivity index (χ0v) is 53.6. The number of benzene rings is 2. The molecule has 0 saturated heterocycles. The molecule has 4 unspecified atom stereocenters. The van der Waals surface area contributed by atoms with E-state index in [2.05, 4.69) is 74.6 Å². The molecule has 440 valence electrons. The van der Waals surface area contributed by atoms with Crippen molar-refractivity contribution in [2.45, 2.75) is 130 Å². The van der Waals surface area contributed by atoms with Gasteiger partial charge in [-0.1, -0.05) is 42.3 Å². The summed E-state index contributed by atoms with van der Waals surface area (Å²) in [6.45, 7) is 17.0. The van der Waals surface area contributed by atoms with Gasteiger partial charge in [0.2, 0.25) is 5.91 Å². The normalized spacial score (nSPS) is 16.6. The summed E-state index contributed by atoms with van der Waals surface area (Å²) in [6, 6.07) is 19.5. The lowest BCUT2D eigenvalue weighted by atomic mass is 9.81. The number of carbonyl (C=O) groups is 3. The summed E-state index contributed by atoms with van der Waals surface area (Å²) in [5, 5.41) is 26.2. The van der Waals surface area contributed by atoms with Gasteiger partial charge in [0.1, 0.15) is 26.4 Å². The molecule has 10 rings (SSSR count). The topological polar surface area (TPSA) is 198 Å². The lowest BCUT2D eigenvalue weighted by molar-refractivity contribution is -0.118. The third-order valence-corrected chi connectivity index (χ3v) is 19.8. The lowest BCUT2D eigenvalue weighted by Gasteiger charge is -2.39. The van der Waals surface area contributed by atoms with Crippen LogP contribution >= 0.6 is 61.3 Å². The van der Waals surface area contributed by atoms with Crippen LogP contribution in [-0.4, -0.2) is 112 Å². The molecule has 0 radical (unpaired) electrons. The van der Waals surface area contributed by atoms with E-state index in [0.717, 1.165) is 94.6 Å². The van der Waals surface area contributed by atoms with Gasteiger partial charge in [-0.15, -0.1) is 45.3 Å². The molecule has 1 aliphatic carbocycles. The number of fused-ring (bicyclic) bond motifs is 4. The number of ketones is 1. The van der Waals surface area contributed by atoms with Crippen molar-refractivity contribution in [2.75, 3.05) is 45.8 Å². The third-order valence-electron chi connectivity index (χ3n) is 14.4. The average molecular weight is 1270 g/mol. The van der Waals surface area contributed by atoms with E-state index in [1.54, 1.807) is 49.0 Å². The maximum Gasteiger partial charge on any atom is 0.488 e. The molecule has 2 amide bonds. The number of halogens is 1. The first-order valence-electron chi connectivity index (χ1n) is 28.3. The summed E-state index contributed by atoms with van der Waals surface area (Å²) in [5.74, 6) is 1.47. The van der Waals surface area contributed by atoms with E-state index in [4.69, 9.17) is 34.2 Å². The standard InChI is InChI=1S/C30H34N2O2S2.C27H35BrN4O4S2.C5H6BNO2/c1-19-15-20(2)29-24(16-19)28(27(35-29)18-23(33)7-5-4-6-14-34-3)30-32-25-17-22(8-9-26(25)36-30)21-10-12-31-13-11-21;1-15-13-18-22(24-30-19-14-17(28)7-8-20(19)37-24)25(31-21(33)9-10-29-11-12-35-6)38-23(18)16(2)32(15)26(34)36-27(3,4)5;8-6(9)5-1-3-7-4-2-5/h8-13,17,19-20H,4-7,14-16,18H2,1-3H3;7-8,14-16,29H,9-13H2,1-6H3,(H,31,33);1-4,8-9H. The van der Waals surface area contributed by atoms with Gasteiger partial charge in [0.15, 0.2) is 0 Å².